The van der Waals surface area contributed by atoms with Crippen molar-refractivity contribution in [2.45, 2.75) is 6.61 Å². The highest BCUT2D eigenvalue weighted by molar-refractivity contribution is 5.88. The highest BCUT2D eigenvalue weighted by atomic mass is 16.5. The zero-order valence-corrected chi connectivity index (χ0v) is 15.9. The molecule has 0 unspecified atom stereocenters. The first-order valence-electron chi connectivity index (χ1n) is 9.59. The quantitative estimate of drug-likeness (QED) is 0.481. The van der Waals surface area contributed by atoms with Crippen LogP contribution in [0.3, 0.4) is 0 Å². The predicted octanol–water partition coefficient (Wildman–Crippen LogP) is 4.40. The fraction of sp³-hybridized carbons (Fsp3) is 0.0435. The molecule has 0 atom stereocenters. The predicted molar refractivity (Wildman–Crippen MR) is 114 cm³/mol. The van der Waals surface area contributed by atoms with Crippen LogP contribution in [0.1, 0.15) is 5.56 Å². The minimum atomic E-state index is 0.465. The third kappa shape index (κ3) is 2.84. The topological polar surface area (TPSA) is 81.0 Å². The van der Waals surface area contributed by atoms with Gasteiger partial charge >= 0.3 is 0 Å². The van der Waals surface area contributed by atoms with Crippen LogP contribution in [-0.2, 0) is 6.61 Å². The third-order valence-electron chi connectivity index (χ3n) is 5.10. The average molecular weight is 392 g/mol. The summed E-state index contributed by atoms with van der Waals surface area (Å²) in [5.74, 6) is 1.48. The molecule has 30 heavy (non-hydrogen) atoms. The second-order valence-electron chi connectivity index (χ2n) is 7.08. The fourth-order valence-corrected chi connectivity index (χ4v) is 3.59. The molecular formula is C23H16N6O. The van der Waals surface area contributed by atoms with Crippen molar-refractivity contribution in [2.75, 3.05) is 0 Å². The van der Waals surface area contributed by atoms with Gasteiger partial charge in [-0.3, -0.25) is 5.10 Å². The van der Waals surface area contributed by atoms with Crippen molar-refractivity contribution < 1.29 is 4.74 Å². The number of aromatic amines is 1. The van der Waals surface area contributed by atoms with Crippen molar-refractivity contribution >= 4 is 27.5 Å². The molecule has 3 aromatic heterocycles. The molecule has 6 aromatic rings. The Balaban J connectivity index is 1.28. The first-order chi connectivity index (χ1) is 14.8. The number of H-pyrrole nitrogens is 1. The van der Waals surface area contributed by atoms with Crippen molar-refractivity contribution in [3.63, 3.8) is 0 Å². The van der Waals surface area contributed by atoms with E-state index in [2.05, 4.69) is 55.6 Å². The lowest BCUT2D eigenvalue weighted by Crippen LogP contribution is -1.96. The van der Waals surface area contributed by atoms with E-state index in [9.17, 15) is 0 Å². The number of hydrogen-bond acceptors (Lipinski definition) is 5. The van der Waals surface area contributed by atoms with Gasteiger partial charge in [-0.25, -0.2) is 14.5 Å². The largest absolute Gasteiger partial charge is 0.489 e. The Kier molecular flexibility index (Phi) is 3.70. The smallest absolute Gasteiger partial charge is 0.182 e. The summed E-state index contributed by atoms with van der Waals surface area (Å²) in [4.78, 5) is 8.99. The molecule has 3 heterocycles. The zero-order chi connectivity index (χ0) is 19.9. The second kappa shape index (κ2) is 6.66. The molecule has 7 nitrogen and oxygen atoms in total. The molecule has 0 fully saturated rings. The lowest BCUT2D eigenvalue weighted by molar-refractivity contribution is 0.306. The minimum absolute atomic E-state index is 0.465. The van der Waals surface area contributed by atoms with E-state index >= 15 is 0 Å². The number of rotatable bonds is 4. The number of nitrogens with one attached hydrogen (secondary N) is 1. The highest BCUT2D eigenvalue weighted by Crippen LogP contribution is 2.23. The van der Waals surface area contributed by atoms with Crippen LogP contribution in [0.25, 0.3) is 38.8 Å². The zero-order valence-electron chi connectivity index (χ0n) is 15.9. The van der Waals surface area contributed by atoms with Gasteiger partial charge < -0.3 is 4.74 Å². The van der Waals surface area contributed by atoms with Gasteiger partial charge in [-0.15, -0.1) is 5.10 Å². The summed E-state index contributed by atoms with van der Waals surface area (Å²) in [5.41, 5.74) is 3.39. The van der Waals surface area contributed by atoms with E-state index in [0.717, 1.165) is 33.3 Å². The summed E-state index contributed by atoms with van der Waals surface area (Å²) in [6.07, 6.45) is 3.35. The highest BCUT2D eigenvalue weighted by Gasteiger charge is 2.11. The van der Waals surface area contributed by atoms with Crippen LogP contribution in [0.2, 0.25) is 0 Å². The normalized spacial score (nSPS) is 11.5. The number of benzene rings is 3. The van der Waals surface area contributed by atoms with Gasteiger partial charge in [0, 0.05) is 5.56 Å². The Hall–Kier alpha value is -4.26. The minimum Gasteiger partial charge on any atom is -0.489 e. The van der Waals surface area contributed by atoms with Gasteiger partial charge in [0.25, 0.3) is 0 Å². The SMILES string of the molecule is c1cc(COc2ccc3ccccc3c2)cc(-c2nc3c4cn[nH]c4ncn3n2)c1. The third-order valence-corrected chi connectivity index (χ3v) is 5.10. The average Bonchev–Trinajstić information content (AvgIpc) is 3.44. The molecule has 7 heteroatoms. The molecule has 0 aliphatic heterocycles. The number of fused-ring (bicyclic) bond motifs is 4. The van der Waals surface area contributed by atoms with E-state index in [0.29, 0.717) is 18.1 Å². The van der Waals surface area contributed by atoms with Crippen LogP contribution in [-0.4, -0.2) is 29.8 Å². The Morgan fingerprint density at radius 3 is 2.83 bits per heavy atom. The van der Waals surface area contributed by atoms with Crippen LogP contribution >= 0.6 is 0 Å². The van der Waals surface area contributed by atoms with Crippen LogP contribution in [0.4, 0.5) is 0 Å². The molecule has 0 saturated carbocycles. The van der Waals surface area contributed by atoms with Crippen molar-refractivity contribution in [2.24, 2.45) is 0 Å². The van der Waals surface area contributed by atoms with Gasteiger partial charge in [0.05, 0.1) is 11.6 Å². The van der Waals surface area contributed by atoms with E-state index in [1.807, 2.05) is 36.4 Å². The molecule has 0 amide bonds. The van der Waals surface area contributed by atoms with Crippen LogP contribution < -0.4 is 4.74 Å². The Labute approximate surface area is 171 Å². The molecule has 6 rings (SSSR count). The van der Waals surface area contributed by atoms with Crippen molar-refractivity contribution in [1.82, 2.24) is 29.8 Å². The number of aromatic nitrogens is 6. The lowest BCUT2D eigenvalue weighted by Gasteiger charge is -2.08. The maximum Gasteiger partial charge on any atom is 0.182 e. The molecule has 0 spiro atoms. The summed E-state index contributed by atoms with van der Waals surface area (Å²) in [7, 11) is 0. The maximum atomic E-state index is 6.03. The van der Waals surface area contributed by atoms with E-state index in [-0.39, 0.29) is 0 Å². The first kappa shape index (κ1) is 16.7. The van der Waals surface area contributed by atoms with E-state index in [4.69, 9.17) is 4.74 Å². The van der Waals surface area contributed by atoms with E-state index in [1.54, 1.807) is 17.0 Å². The van der Waals surface area contributed by atoms with Crippen molar-refractivity contribution in [1.29, 1.82) is 0 Å². The molecular weight excluding hydrogens is 376 g/mol. The van der Waals surface area contributed by atoms with Crippen LogP contribution in [0, 0.1) is 0 Å². The van der Waals surface area contributed by atoms with Crippen molar-refractivity contribution in [3.8, 4) is 17.1 Å². The molecule has 1 N–H and O–H groups in total. The summed E-state index contributed by atoms with van der Waals surface area (Å²) in [6.45, 7) is 0.465. The number of nitrogens with zero attached hydrogens (tertiary/aromatic N) is 5. The summed E-state index contributed by atoms with van der Waals surface area (Å²) in [5, 5.41) is 14.7. The molecule has 0 saturated heterocycles. The van der Waals surface area contributed by atoms with Crippen molar-refractivity contribution in [3.05, 3.63) is 84.8 Å². The number of hydrogen-bond donors (Lipinski definition) is 1. The molecule has 3 aromatic carbocycles. The molecule has 144 valence electrons. The number of ether oxygens (including phenoxy) is 1. The summed E-state index contributed by atoms with van der Waals surface area (Å²) < 4.78 is 7.70. The fourth-order valence-electron chi connectivity index (χ4n) is 3.59. The van der Waals surface area contributed by atoms with E-state index in [1.165, 1.54) is 5.39 Å². The monoisotopic (exact) mass is 392 g/mol. The van der Waals surface area contributed by atoms with Crippen LogP contribution in [0.5, 0.6) is 5.75 Å². The van der Waals surface area contributed by atoms with Gasteiger partial charge in [0.1, 0.15) is 18.7 Å². The summed E-state index contributed by atoms with van der Waals surface area (Å²) >= 11 is 0. The molecule has 0 bridgehead atoms. The van der Waals surface area contributed by atoms with Gasteiger partial charge in [-0.1, -0.05) is 48.5 Å². The molecule has 0 radical (unpaired) electrons. The summed E-state index contributed by atoms with van der Waals surface area (Å²) in [6, 6.07) is 22.5. The van der Waals surface area contributed by atoms with Gasteiger partial charge in [-0.2, -0.15) is 5.10 Å². The van der Waals surface area contributed by atoms with Gasteiger partial charge in [-0.05, 0) is 34.5 Å². The van der Waals surface area contributed by atoms with Crippen LogP contribution in [0.15, 0.2) is 79.3 Å². The van der Waals surface area contributed by atoms with Gasteiger partial charge in [0.15, 0.2) is 17.1 Å². The molecule has 0 aliphatic rings. The van der Waals surface area contributed by atoms with E-state index < -0.39 is 0 Å². The Bertz CT molecular complexity index is 1520. The second-order valence-corrected chi connectivity index (χ2v) is 7.08. The maximum absolute atomic E-state index is 6.03. The Morgan fingerprint density at radius 1 is 0.933 bits per heavy atom. The van der Waals surface area contributed by atoms with Gasteiger partial charge in [0.2, 0.25) is 0 Å². The molecule has 0 aliphatic carbocycles. The standard InChI is InChI=1S/C23H16N6O/c1-2-6-17-11-19(9-8-16(17)5-1)30-13-15-4-3-7-18(10-15)21-26-23-20-12-25-27-22(20)24-14-29(23)28-21/h1-12,14H,13H2,(H,25,27). The first-order valence-corrected chi connectivity index (χ1v) is 9.59. The Morgan fingerprint density at radius 2 is 1.87 bits per heavy atom. The lowest BCUT2D eigenvalue weighted by atomic mass is 10.1.